The van der Waals surface area contributed by atoms with Gasteiger partial charge in [0.05, 0.1) is 12.6 Å². The molecule has 1 unspecified atom stereocenters. The minimum atomic E-state index is -0.576. The molecule has 0 radical (unpaired) electrons. The molecule has 1 atom stereocenters. The molecule has 0 aromatic carbocycles. The zero-order chi connectivity index (χ0) is 11.3. The van der Waals surface area contributed by atoms with Crippen LogP contribution in [0.25, 0.3) is 0 Å². The van der Waals surface area contributed by atoms with Gasteiger partial charge in [-0.1, -0.05) is 6.08 Å². The quantitative estimate of drug-likeness (QED) is 0.602. The SMILES string of the molecule is C=CCC(N)C(=O)N1CCCNC(=O)C1. The fourth-order valence-corrected chi connectivity index (χ4v) is 1.51. The summed E-state index contributed by atoms with van der Waals surface area (Å²) >= 11 is 0. The Morgan fingerprint density at radius 2 is 2.47 bits per heavy atom. The van der Waals surface area contributed by atoms with Crippen LogP contribution in [0.5, 0.6) is 0 Å². The first-order valence-corrected chi connectivity index (χ1v) is 5.07. The Hall–Kier alpha value is -1.36. The molecule has 5 heteroatoms. The smallest absolute Gasteiger partial charge is 0.240 e. The molecule has 1 saturated heterocycles. The van der Waals surface area contributed by atoms with Gasteiger partial charge in [-0.05, 0) is 12.8 Å². The minimum absolute atomic E-state index is 0.115. The van der Waals surface area contributed by atoms with Crippen molar-refractivity contribution in [3.05, 3.63) is 12.7 Å². The molecule has 2 amide bonds. The molecule has 1 aliphatic heterocycles. The van der Waals surface area contributed by atoms with Crippen LogP contribution in [0.4, 0.5) is 0 Å². The van der Waals surface area contributed by atoms with E-state index < -0.39 is 6.04 Å². The fourth-order valence-electron chi connectivity index (χ4n) is 1.51. The lowest BCUT2D eigenvalue weighted by molar-refractivity contribution is -0.136. The number of hydrogen-bond acceptors (Lipinski definition) is 3. The summed E-state index contributed by atoms with van der Waals surface area (Å²) in [4.78, 5) is 24.5. The predicted molar refractivity (Wildman–Crippen MR) is 57.0 cm³/mol. The first kappa shape index (κ1) is 11.7. The molecule has 3 N–H and O–H groups in total. The first-order chi connectivity index (χ1) is 7.15. The average molecular weight is 211 g/mol. The molecule has 0 saturated carbocycles. The molecule has 0 aromatic rings. The molecule has 0 spiro atoms. The molecule has 1 aliphatic rings. The maximum atomic E-state index is 11.8. The van der Waals surface area contributed by atoms with Gasteiger partial charge in [-0.15, -0.1) is 6.58 Å². The molecule has 5 nitrogen and oxygen atoms in total. The minimum Gasteiger partial charge on any atom is -0.354 e. The number of nitrogens with one attached hydrogen (secondary N) is 1. The molecule has 0 aliphatic carbocycles. The highest BCUT2D eigenvalue weighted by molar-refractivity contribution is 5.87. The van der Waals surface area contributed by atoms with Crippen molar-refractivity contribution in [3.8, 4) is 0 Å². The molecule has 0 bridgehead atoms. The number of carbonyl (C=O) groups excluding carboxylic acids is 2. The Morgan fingerprint density at radius 3 is 3.13 bits per heavy atom. The van der Waals surface area contributed by atoms with Crippen LogP contribution in [-0.2, 0) is 9.59 Å². The molecule has 0 aromatic heterocycles. The highest BCUT2D eigenvalue weighted by atomic mass is 16.2. The van der Waals surface area contributed by atoms with Gasteiger partial charge in [-0.25, -0.2) is 0 Å². The van der Waals surface area contributed by atoms with Crippen LogP contribution in [-0.4, -0.2) is 42.4 Å². The van der Waals surface area contributed by atoms with Crippen molar-refractivity contribution in [1.82, 2.24) is 10.2 Å². The fraction of sp³-hybridized carbons (Fsp3) is 0.600. The predicted octanol–water partition coefficient (Wildman–Crippen LogP) is -0.762. The highest BCUT2D eigenvalue weighted by Gasteiger charge is 2.23. The molecule has 1 rings (SSSR count). The summed E-state index contributed by atoms with van der Waals surface area (Å²) in [5.41, 5.74) is 5.66. The largest absolute Gasteiger partial charge is 0.354 e. The standard InChI is InChI=1S/C10H17N3O2/c1-2-4-8(11)10(15)13-6-3-5-12-9(14)7-13/h2,8H,1,3-7,11H2,(H,12,14). The maximum absolute atomic E-state index is 11.8. The van der Waals surface area contributed by atoms with Crippen molar-refractivity contribution in [2.75, 3.05) is 19.6 Å². The summed E-state index contributed by atoms with van der Waals surface area (Å²) in [6, 6.07) is -0.576. The van der Waals surface area contributed by atoms with E-state index in [0.717, 1.165) is 6.42 Å². The molecule has 84 valence electrons. The van der Waals surface area contributed by atoms with E-state index in [1.807, 2.05) is 0 Å². The van der Waals surface area contributed by atoms with Crippen molar-refractivity contribution in [1.29, 1.82) is 0 Å². The maximum Gasteiger partial charge on any atom is 0.240 e. The van der Waals surface area contributed by atoms with Gasteiger partial charge in [0.25, 0.3) is 0 Å². The second kappa shape index (κ2) is 5.50. The average Bonchev–Trinajstić information content (AvgIpc) is 2.42. The Morgan fingerprint density at radius 1 is 1.73 bits per heavy atom. The van der Waals surface area contributed by atoms with E-state index in [9.17, 15) is 9.59 Å². The second-order valence-corrected chi connectivity index (χ2v) is 3.59. The monoisotopic (exact) mass is 211 g/mol. The third kappa shape index (κ3) is 3.36. The van der Waals surface area contributed by atoms with E-state index in [0.29, 0.717) is 19.5 Å². The van der Waals surface area contributed by atoms with E-state index in [4.69, 9.17) is 5.73 Å². The van der Waals surface area contributed by atoms with Crippen LogP contribution in [0.15, 0.2) is 12.7 Å². The van der Waals surface area contributed by atoms with Crippen LogP contribution >= 0.6 is 0 Å². The molecule has 1 heterocycles. The number of nitrogens with zero attached hydrogens (tertiary/aromatic N) is 1. The van der Waals surface area contributed by atoms with Gasteiger partial charge >= 0.3 is 0 Å². The van der Waals surface area contributed by atoms with Gasteiger partial charge in [0.1, 0.15) is 0 Å². The summed E-state index contributed by atoms with van der Waals surface area (Å²) in [6.07, 6.45) is 2.83. The first-order valence-electron chi connectivity index (χ1n) is 5.07. The van der Waals surface area contributed by atoms with Crippen LogP contribution in [0.2, 0.25) is 0 Å². The number of rotatable bonds is 3. The number of hydrogen-bond donors (Lipinski definition) is 2. The Labute approximate surface area is 89.3 Å². The Bertz CT molecular complexity index is 265. The lowest BCUT2D eigenvalue weighted by Crippen LogP contribution is -2.46. The number of nitrogens with two attached hydrogens (primary N) is 1. The number of amides is 2. The van der Waals surface area contributed by atoms with Gasteiger partial charge in [0.15, 0.2) is 0 Å². The lowest BCUT2D eigenvalue weighted by Gasteiger charge is -2.22. The van der Waals surface area contributed by atoms with Crippen molar-refractivity contribution in [3.63, 3.8) is 0 Å². The van der Waals surface area contributed by atoms with E-state index in [1.54, 1.807) is 6.08 Å². The van der Waals surface area contributed by atoms with Crippen LogP contribution in [0.3, 0.4) is 0 Å². The zero-order valence-electron chi connectivity index (χ0n) is 8.74. The summed E-state index contributed by atoms with van der Waals surface area (Å²) in [5, 5.41) is 2.71. The van der Waals surface area contributed by atoms with Crippen LogP contribution in [0, 0.1) is 0 Å². The molecule has 15 heavy (non-hydrogen) atoms. The Balaban J connectivity index is 2.56. The van der Waals surface area contributed by atoms with Crippen LogP contribution in [0.1, 0.15) is 12.8 Å². The summed E-state index contributed by atoms with van der Waals surface area (Å²) in [6.45, 7) is 4.86. The lowest BCUT2D eigenvalue weighted by atomic mass is 10.2. The summed E-state index contributed by atoms with van der Waals surface area (Å²) in [5.74, 6) is -0.293. The van der Waals surface area contributed by atoms with Crippen molar-refractivity contribution in [2.24, 2.45) is 5.73 Å². The zero-order valence-corrected chi connectivity index (χ0v) is 8.74. The molecular weight excluding hydrogens is 194 g/mol. The third-order valence-electron chi connectivity index (χ3n) is 2.31. The Kier molecular flexibility index (Phi) is 4.30. The third-order valence-corrected chi connectivity index (χ3v) is 2.31. The topological polar surface area (TPSA) is 75.4 Å². The van der Waals surface area contributed by atoms with Crippen molar-refractivity contribution in [2.45, 2.75) is 18.9 Å². The van der Waals surface area contributed by atoms with E-state index in [2.05, 4.69) is 11.9 Å². The summed E-state index contributed by atoms with van der Waals surface area (Å²) in [7, 11) is 0. The second-order valence-electron chi connectivity index (χ2n) is 3.59. The summed E-state index contributed by atoms with van der Waals surface area (Å²) < 4.78 is 0. The highest BCUT2D eigenvalue weighted by Crippen LogP contribution is 2.01. The molecule has 1 fully saturated rings. The number of carbonyl (C=O) groups is 2. The van der Waals surface area contributed by atoms with Gasteiger partial charge in [-0.2, -0.15) is 0 Å². The van der Waals surface area contributed by atoms with E-state index >= 15 is 0 Å². The van der Waals surface area contributed by atoms with E-state index in [1.165, 1.54) is 4.90 Å². The van der Waals surface area contributed by atoms with Gasteiger partial charge in [0, 0.05) is 13.1 Å². The van der Waals surface area contributed by atoms with Crippen molar-refractivity contribution < 1.29 is 9.59 Å². The van der Waals surface area contributed by atoms with Crippen molar-refractivity contribution >= 4 is 11.8 Å². The van der Waals surface area contributed by atoms with Gasteiger partial charge < -0.3 is 16.0 Å². The van der Waals surface area contributed by atoms with Gasteiger partial charge in [-0.3, -0.25) is 9.59 Å². The molecular formula is C10H17N3O2. The van der Waals surface area contributed by atoms with E-state index in [-0.39, 0.29) is 18.4 Å². The normalized spacial score (nSPS) is 19.0. The van der Waals surface area contributed by atoms with Gasteiger partial charge in [0.2, 0.25) is 11.8 Å². The van der Waals surface area contributed by atoms with Crippen LogP contribution < -0.4 is 11.1 Å².